The van der Waals surface area contributed by atoms with Gasteiger partial charge in [-0.15, -0.1) is 0 Å². The second kappa shape index (κ2) is 25.9. The Morgan fingerprint density at radius 2 is 0.875 bits per heavy atom. The zero-order valence-corrected chi connectivity index (χ0v) is 48.2. The van der Waals surface area contributed by atoms with E-state index in [0.29, 0.717) is 78.2 Å². The average molecular weight is 1190 g/mol. The third-order valence-corrected chi connectivity index (χ3v) is 14.9. The Bertz CT molecular complexity index is 3960. The lowest BCUT2D eigenvalue weighted by atomic mass is 9.96. The van der Waals surface area contributed by atoms with E-state index in [1.807, 2.05) is 26.0 Å². The maximum atomic E-state index is 14.9. The fourth-order valence-corrected chi connectivity index (χ4v) is 10.7. The summed E-state index contributed by atoms with van der Waals surface area (Å²) in [4.78, 5) is 72.8. The molecule has 88 heavy (non-hydrogen) atoms. The molecular weight excluding hydrogens is 1130 g/mol. The lowest BCUT2D eigenvalue weighted by molar-refractivity contribution is -0.385. The number of fused-ring (bicyclic) bond motifs is 2. The third-order valence-electron chi connectivity index (χ3n) is 14.9. The number of hydrogen-bond donors (Lipinski definition) is 2. The molecule has 0 spiro atoms. The van der Waals surface area contributed by atoms with E-state index in [9.17, 15) is 43.4 Å². The van der Waals surface area contributed by atoms with Crippen molar-refractivity contribution in [3.8, 4) is 56.8 Å². The van der Waals surface area contributed by atoms with E-state index in [-0.39, 0.29) is 94.5 Å². The number of nitro groups is 2. The predicted octanol–water partition coefficient (Wildman–Crippen LogP) is 13.6. The van der Waals surface area contributed by atoms with Crippen LogP contribution in [0.2, 0.25) is 0 Å². The summed E-state index contributed by atoms with van der Waals surface area (Å²) in [5.41, 5.74) is 8.10. The smallest absolute Gasteiger partial charge is 0.496 e. The molecule has 2 aliphatic carbocycles. The minimum Gasteiger partial charge on any atom is -0.496 e. The largest absolute Gasteiger partial charge is 0.519 e. The van der Waals surface area contributed by atoms with Gasteiger partial charge >= 0.3 is 6.16 Å². The summed E-state index contributed by atoms with van der Waals surface area (Å²) in [5, 5.41) is 30.5. The number of non-ortho nitro benzene ring substituents is 2. The lowest BCUT2D eigenvalue weighted by Gasteiger charge is -2.19. The quantitative estimate of drug-likeness (QED) is 0.0312. The van der Waals surface area contributed by atoms with Gasteiger partial charge in [-0.05, 0) is 178 Å². The highest BCUT2D eigenvalue weighted by Gasteiger charge is 2.31. The molecule has 10 rings (SSSR count). The van der Waals surface area contributed by atoms with Crippen molar-refractivity contribution in [3.05, 3.63) is 234 Å². The number of nitrogens with one attached hydrogen (secondary N) is 2. The lowest BCUT2D eigenvalue weighted by Crippen LogP contribution is -2.23. The number of halogens is 2. The third kappa shape index (κ3) is 12.7. The molecule has 0 aliphatic heterocycles. The number of pyridine rings is 2. The molecular formula is C67H54F2N6O13. The normalized spacial score (nSPS) is 13.2. The molecule has 21 heteroatoms. The summed E-state index contributed by atoms with van der Waals surface area (Å²) in [6.45, 7) is 4.05. The second-order valence-electron chi connectivity index (χ2n) is 20.2. The molecule has 2 aromatic heterocycles. The predicted molar refractivity (Wildman–Crippen MR) is 325 cm³/mol. The van der Waals surface area contributed by atoms with Crippen LogP contribution in [0.3, 0.4) is 0 Å². The van der Waals surface area contributed by atoms with Crippen LogP contribution in [0.25, 0.3) is 56.7 Å². The molecule has 0 bridgehead atoms. The summed E-state index contributed by atoms with van der Waals surface area (Å²) in [7, 11) is 5.46. The standard InChI is InChI=1S/C67H54F2N6O13/c1-37-49(47-17-13-41(68)29-53(47)51(37)33-63(76)72-35-43-11-7-9-21-70-43)23-39-25-59(83-3)65(60(26-39)84-4)55-31-45(74(79)80)15-19-57(55)87-67(78)88-58-20-16-46(75(81)82)32-56(58)66-61(85-5)27-40(28-62(66)86-6)24-50-38(2)52(54-30-42(69)14-18-48(50)54)34-64(77)73-36-44-12-8-10-22-71-44/h7-32H,33-36H2,1-6H3,(H,72,76)(H,73,77)/b49-23+,50-24+. The van der Waals surface area contributed by atoms with Crippen molar-refractivity contribution in [2.24, 2.45) is 0 Å². The van der Waals surface area contributed by atoms with Gasteiger partial charge in [0.25, 0.3) is 11.4 Å². The van der Waals surface area contributed by atoms with Crippen LogP contribution in [-0.4, -0.2) is 66.2 Å². The molecule has 0 atom stereocenters. The summed E-state index contributed by atoms with van der Waals surface area (Å²) in [6.07, 6.45) is 5.38. The number of amides is 2. The van der Waals surface area contributed by atoms with Crippen molar-refractivity contribution in [2.75, 3.05) is 28.4 Å². The van der Waals surface area contributed by atoms with E-state index < -0.39 is 39.0 Å². The molecule has 444 valence electrons. The number of nitro benzene ring substituents is 2. The number of carbonyl (C=O) groups excluding carboxylic acids is 3. The number of benzene rings is 6. The van der Waals surface area contributed by atoms with Gasteiger partial charge in [0.15, 0.2) is 0 Å². The zero-order valence-electron chi connectivity index (χ0n) is 48.2. The average Bonchev–Trinajstić information content (AvgIpc) is 2.78. The molecule has 2 N–H and O–H groups in total. The van der Waals surface area contributed by atoms with Crippen LogP contribution in [0.1, 0.15) is 71.5 Å². The van der Waals surface area contributed by atoms with Crippen LogP contribution in [0.15, 0.2) is 157 Å². The van der Waals surface area contributed by atoms with E-state index in [2.05, 4.69) is 20.6 Å². The van der Waals surface area contributed by atoms with Crippen molar-refractivity contribution in [2.45, 2.75) is 39.8 Å². The first kappa shape index (κ1) is 59.8. The Labute approximate surface area is 502 Å². The number of nitrogens with zero attached hydrogens (tertiary/aromatic N) is 4. The van der Waals surface area contributed by atoms with Gasteiger partial charge in [0.05, 0.1) is 86.7 Å². The monoisotopic (exact) mass is 1190 g/mol. The summed E-state index contributed by atoms with van der Waals surface area (Å²) in [6, 6.07) is 32.8. The maximum Gasteiger partial charge on any atom is 0.519 e. The van der Waals surface area contributed by atoms with E-state index in [0.717, 1.165) is 24.3 Å². The molecule has 0 saturated carbocycles. The Kier molecular flexibility index (Phi) is 17.6. The highest BCUT2D eigenvalue weighted by molar-refractivity contribution is 6.10. The molecule has 19 nitrogen and oxygen atoms in total. The van der Waals surface area contributed by atoms with Gasteiger partial charge in [-0.2, -0.15) is 0 Å². The molecule has 0 saturated heterocycles. The van der Waals surface area contributed by atoms with E-state index >= 15 is 0 Å². The van der Waals surface area contributed by atoms with Crippen LogP contribution < -0.4 is 39.1 Å². The number of methoxy groups -OCH3 is 4. The van der Waals surface area contributed by atoms with Gasteiger partial charge in [0.1, 0.15) is 46.1 Å². The number of carbonyl (C=O) groups is 3. The molecule has 8 aromatic rings. The van der Waals surface area contributed by atoms with Gasteiger partial charge in [-0.25, -0.2) is 13.6 Å². The van der Waals surface area contributed by atoms with E-state index in [1.54, 1.807) is 85.2 Å². The van der Waals surface area contributed by atoms with Crippen LogP contribution in [0.5, 0.6) is 34.5 Å². The summed E-state index contributed by atoms with van der Waals surface area (Å²) < 4.78 is 65.2. The van der Waals surface area contributed by atoms with Gasteiger partial charge in [-0.3, -0.25) is 39.8 Å². The summed E-state index contributed by atoms with van der Waals surface area (Å²) in [5.74, 6) is -1.62. The zero-order chi connectivity index (χ0) is 62.3. The highest BCUT2D eigenvalue weighted by Crippen LogP contribution is 2.51. The summed E-state index contributed by atoms with van der Waals surface area (Å²) >= 11 is 0. The van der Waals surface area contributed by atoms with E-state index in [1.165, 1.54) is 64.8 Å². The van der Waals surface area contributed by atoms with Gasteiger partial charge in [-0.1, -0.05) is 24.3 Å². The van der Waals surface area contributed by atoms with Crippen molar-refractivity contribution in [3.63, 3.8) is 0 Å². The molecule has 2 heterocycles. The van der Waals surface area contributed by atoms with Crippen LogP contribution in [0, 0.1) is 31.9 Å². The first-order valence-electron chi connectivity index (χ1n) is 27.2. The molecule has 0 radical (unpaired) electrons. The topological polar surface area (TPSA) is 243 Å². The van der Waals surface area contributed by atoms with Crippen molar-refractivity contribution in [1.82, 2.24) is 20.6 Å². The number of aromatic nitrogens is 2. The Hall–Kier alpha value is -11.4. The van der Waals surface area contributed by atoms with Crippen molar-refractivity contribution in [1.29, 1.82) is 0 Å². The number of hydrogen-bond acceptors (Lipinski definition) is 15. The van der Waals surface area contributed by atoms with Crippen LogP contribution >= 0.6 is 0 Å². The number of rotatable bonds is 20. The number of ether oxygens (including phenoxy) is 6. The minimum atomic E-state index is -1.37. The Morgan fingerprint density at radius 1 is 0.489 bits per heavy atom. The molecule has 0 fully saturated rings. The Morgan fingerprint density at radius 3 is 1.22 bits per heavy atom. The number of allylic oxidation sites excluding steroid dienone is 4. The minimum absolute atomic E-state index is 0.0381. The van der Waals surface area contributed by atoms with Gasteiger partial charge < -0.3 is 39.1 Å². The Balaban J connectivity index is 0.967. The molecule has 2 aliphatic rings. The fraction of sp³-hybridized carbons (Fsp3) is 0.149. The van der Waals surface area contributed by atoms with Crippen molar-refractivity contribution >= 4 is 63.8 Å². The van der Waals surface area contributed by atoms with Crippen molar-refractivity contribution < 1.29 is 61.4 Å². The molecule has 6 aromatic carbocycles. The van der Waals surface area contributed by atoms with E-state index in [4.69, 9.17) is 28.4 Å². The van der Waals surface area contributed by atoms with Gasteiger partial charge in [0.2, 0.25) is 11.8 Å². The van der Waals surface area contributed by atoms with Gasteiger partial charge in [0, 0.05) is 47.8 Å². The molecule has 0 unspecified atom stereocenters. The maximum absolute atomic E-state index is 14.9. The fourth-order valence-electron chi connectivity index (χ4n) is 10.7. The van der Waals surface area contributed by atoms with Crippen LogP contribution in [-0.2, 0) is 22.7 Å². The SMILES string of the molecule is COc1cc(/C=C2\C(C)=C(CC(=O)NCc3ccccn3)c3cc(F)ccc32)cc(OC)c1-c1cc([N+](=O)[O-])ccc1OC(=O)Oc1ccc([N+](=O)[O-])cc1-c1c(OC)cc(/C=C2\C(C)=C(CC(=O)NCc3ccccn3)c3cc(F)ccc32)cc1OC. The first-order valence-corrected chi connectivity index (χ1v) is 27.2. The first-order chi connectivity index (χ1) is 42.4. The molecule has 2 amide bonds. The van der Waals surface area contributed by atoms with Crippen LogP contribution in [0.4, 0.5) is 25.0 Å². The second-order valence-corrected chi connectivity index (χ2v) is 20.2. The highest BCUT2D eigenvalue weighted by atomic mass is 19.1.